The fourth-order valence-corrected chi connectivity index (χ4v) is 2.17. The Balaban J connectivity index is 2.83. The summed E-state index contributed by atoms with van der Waals surface area (Å²) < 4.78 is 59.6. The zero-order valence-corrected chi connectivity index (χ0v) is 11.2. The van der Waals surface area contributed by atoms with Crippen LogP contribution < -0.4 is 4.74 Å². The van der Waals surface area contributed by atoms with Crippen LogP contribution in [0.4, 0.5) is 17.6 Å². The van der Waals surface area contributed by atoms with Gasteiger partial charge in [0.1, 0.15) is 0 Å². The number of benzene rings is 2. The number of rotatable bonds is 2. The summed E-state index contributed by atoms with van der Waals surface area (Å²) in [5, 5.41) is 0. The van der Waals surface area contributed by atoms with E-state index < -0.39 is 34.6 Å². The first-order valence-corrected chi connectivity index (χ1v) is 5.93. The number of methoxy groups -OCH3 is 1. The second-order valence-corrected chi connectivity index (χ2v) is 4.50. The van der Waals surface area contributed by atoms with Crippen molar-refractivity contribution < 1.29 is 22.3 Å². The van der Waals surface area contributed by atoms with Gasteiger partial charge in [-0.15, -0.1) is 0 Å². The first kappa shape index (κ1) is 13.9. The quantitative estimate of drug-likeness (QED) is 0.572. The Labute approximate surface area is 114 Å². The average Bonchev–Trinajstić information content (AvgIpc) is 2.40. The Hall–Kier alpha value is -1.56. The van der Waals surface area contributed by atoms with Gasteiger partial charge in [-0.05, 0) is 6.07 Å². The molecule has 0 unspecified atom stereocenters. The zero-order valence-electron chi connectivity index (χ0n) is 9.61. The van der Waals surface area contributed by atoms with Crippen LogP contribution in [0.25, 0.3) is 11.1 Å². The summed E-state index contributed by atoms with van der Waals surface area (Å²) in [5.74, 6) is -7.20. The van der Waals surface area contributed by atoms with Crippen LogP contribution in [0.2, 0.25) is 0 Å². The molecule has 0 aromatic heterocycles. The van der Waals surface area contributed by atoms with E-state index in [4.69, 9.17) is 0 Å². The van der Waals surface area contributed by atoms with Crippen molar-refractivity contribution in [1.29, 1.82) is 0 Å². The predicted molar refractivity (Wildman–Crippen MR) is 66.0 cm³/mol. The van der Waals surface area contributed by atoms with Crippen molar-refractivity contribution in [2.24, 2.45) is 0 Å². The Morgan fingerprint density at radius 1 is 0.895 bits per heavy atom. The lowest BCUT2D eigenvalue weighted by Gasteiger charge is -2.12. The molecule has 0 spiro atoms. The Bertz CT molecular complexity index is 614. The van der Waals surface area contributed by atoms with Crippen LogP contribution in [0.1, 0.15) is 0 Å². The van der Waals surface area contributed by atoms with E-state index in [0.29, 0.717) is 4.47 Å². The molecular formula is C13H7BrF4O. The molecule has 0 fully saturated rings. The van der Waals surface area contributed by atoms with Gasteiger partial charge in [-0.2, -0.15) is 8.78 Å². The van der Waals surface area contributed by atoms with E-state index in [0.717, 1.165) is 7.11 Å². The Morgan fingerprint density at radius 3 is 1.89 bits per heavy atom. The standard InChI is InChI=1S/C13H7BrF4O/c1-19-13-11(17)9(15)8(10(16)12(13)18)6-4-2-3-5-7(6)14/h2-5H,1H3. The molecule has 2 rings (SSSR count). The van der Waals surface area contributed by atoms with E-state index in [-0.39, 0.29) is 5.56 Å². The first-order valence-electron chi connectivity index (χ1n) is 5.13. The normalized spacial score (nSPS) is 10.6. The Morgan fingerprint density at radius 2 is 1.42 bits per heavy atom. The van der Waals surface area contributed by atoms with Gasteiger partial charge < -0.3 is 4.74 Å². The van der Waals surface area contributed by atoms with Crippen molar-refractivity contribution in [2.75, 3.05) is 7.11 Å². The van der Waals surface area contributed by atoms with Crippen LogP contribution in [0.3, 0.4) is 0 Å². The van der Waals surface area contributed by atoms with Crippen LogP contribution in [-0.2, 0) is 0 Å². The highest BCUT2D eigenvalue weighted by molar-refractivity contribution is 9.10. The smallest absolute Gasteiger partial charge is 0.204 e. The van der Waals surface area contributed by atoms with Crippen LogP contribution in [0, 0.1) is 23.3 Å². The van der Waals surface area contributed by atoms with E-state index in [1.807, 2.05) is 0 Å². The average molecular weight is 335 g/mol. The molecule has 1 nitrogen and oxygen atoms in total. The van der Waals surface area contributed by atoms with Gasteiger partial charge in [-0.25, -0.2) is 8.78 Å². The molecule has 0 atom stereocenters. The van der Waals surface area contributed by atoms with Gasteiger partial charge in [-0.1, -0.05) is 34.1 Å². The third-order valence-electron chi connectivity index (χ3n) is 2.57. The highest BCUT2D eigenvalue weighted by Gasteiger charge is 2.27. The molecule has 2 aromatic rings. The lowest BCUT2D eigenvalue weighted by molar-refractivity contribution is 0.334. The molecule has 0 saturated heterocycles. The largest absolute Gasteiger partial charge is 0.491 e. The lowest BCUT2D eigenvalue weighted by Crippen LogP contribution is -2.04. The molecule has 0 aliphatic carbocycles. The van der Waals surface area contributed by atoms with Gasteiger partial charge in [0, 0.05) is 10.0 Å². The van der Waals surface area contributed by atoms with Crippen molar-refractivity contribution >= 4 is 15.9 Å². The fourth-order valence-electron chi connectivity index (χ4n) is 1.69. The molecule has 2 aromatic carbocycles. The predicted octanol–water partition coefficient (Wildman–Crippen LogP) is 4.68. The van der Waals surface area contributed by atoms with Crippen molar-refractivity contribution in [3.05, 3.63) is 52.0 Å². The van der Waals surface area contributed by atoms with E-state index in [1.54, 1.807) is 6.07 Å². The number of ether oxygens (including phenoxy) is 1. The maximum Gasteiger partial charge on any atom is 0.204 e. The highest BCUT2D eigenvalue weighted by atomic mass is 79.9. The van der Waals surface area contributed by atoms with Crippen LogP contribution in [-0.4, -0.2) is 7.11 Å². The molecule has 100 valence electrons. The molecule has 0 N–H and O–H groups in total. The first-order chi connectivity index (χ1) is 8.99. The molecule has 0 amide bonds. The van der Waals surface area contributed by atoms with Crippen LogP contribution in [0.15, 0.2) is 28.7 Å². The van der Waals surface area contributed by atoms with Gasteiger partial charge >= 0.3 is 0 Å². The van der Waals surface area contributed by atoms with Gasteiger partial charge in [0.25, 0.3) is 0 Å². The minimum absolute atomic E-state index is 0.0120. The summed E-state index contributed by atoms with van der Waals surface area (Å²) in [6.07, 6.45) is 0. The van der Waals surface area contributed by atoms with Gasteiger partial charge in [0.15, 0.2) is 17.4 Å². The third kappa shape index (κ3) is 2.20. The molecule has 6 heteroatoms. The summed E-state index contributed by atoms with van der Waals surface area (Å²) in [7, 11) is 0.929. The topological polar surface area (TPSA) is 9.23 Å². The summed E-state index contributed by atoms with van der Waals surface area (Å²) in [6.45, 7) is 0. The van der Waals surface area contributed by atoms with Crippen molar-refractivity contribution in [3.63, 3.8) is 0 Å². The second kappa shape index (κ2) is 5.21. The van der Waals surface area contributed by atoms with Gasteiger partial charge in [0.2, 0.25) is 11.6 Å². The molecule has 19 heavy (non-hydrogen) atoms. The maximum absolute atomic E-state index is 13.9. The minimum Gasteiger partial charge on any atom is -0.491 e. The van der Waals surface area contributed by atoms with E-state index in [1.165, 1.54) is 18.2 Å². The second-order valence-electron chi connectivity index (χ2n) is 3.64. The molecule has 0 saturated carbocycles. The summed E-state index contributed by atoms with van der Waals surface area (Å²) >= 11 is 3.08. The summed E-state index contributed by atoms with van der Waals surface area (Å²) in [5.41, 5.74) is -0.763. The van der Waals surface area contributed by atoms with Crippen LogP contribution in [0.5, 0.6) is 5.75 Å². The summed E-state index contributed by atoms with van der Waals surface area (Å²) in [6, 6.07) is 5.96. The third-order valence-corrected chi connectivity index (χ3v) is 3.26. The van der Waals surface area contributed by atoms with Gasteiger partial charge in [-0.3, -0.25) is 0 Å². The van der Waals surface area contributed by atoms with E-state index in [2.05, 4.69) is 20.7 Å². The summed E-state index contributed by atoms with van der Waals surface area (Å²) in [4.78, 5) is 0. The Kier molecular flexibility index (Phi) is 3.80. The SMILES string of the molecule is COc1c(F)c(F)c(-c2ccccc2Br)c(F)c1F. The van der Waals surface area contributed by atoms with Crippen molar-refractivity contribution in [2.45, 2.75) is 0 Å². The van der Waals surface area contributed by atoms with Gasteiger partial charge in [0.05, 0.1) is 12.7 Å². The van der Waals surface area contributed by atoms with E-state index in [9.17, 15) is 17.6 Å². The fraction of sp³-hybridized carbons (Fsp3) is 0.0769. The lowest BCUT2D eigenvalue weighted by atomic mass is 10.0. The van der Waals surface area contributed by atoms with E-state index >= 15 is 0 Å². The molecule has 0 heterocycles. The number of hydrogen-bond acceptors (Lipinski definition) is 1. The minimum atomic E-state index is -1.56. The van der Waals surface area contributed by atoms with Crippen LogP contribution >= 0.6 is 15.9 Å². The van der Waals surface area contributed by atoms with Crippen molar-refractivity contribution in [1.82, 2.24) is 0 Å². The molecule has 0 aliphatic heterocycles. The monoisotopic (exact) mass is 334 g/mol. The molecule has 0 aliphatic rings. The highest BCUT2D eigenvalue weighted by Crippen LogP contribution is 2.38. The van der Waals surface area contributed by atoms with Crippen molar-refractivity contribution in [3.8, 4) is 16.9 Å². The molecule has 0 radical (unpaired) electrons. The zero-order chi connectivity index (χ0) is 14.2. The number of halogens is 5. The molecular weight excluding hydrogens is 328 g/mol. The maximum atomic E-state index is 13.9. The number of hydrogen-bond donors (Lipinski definition) is 0. The molecule has 0 bridgehead atoms.